The fourth-order valence-electron chi connectivity index (χ4n) is 2.62. The summed E-state index contributed by atoms with van der Waals surface area (Å²) in [5.41, 5.74) is 8.51. The van der Waals surface area contributed by atoms with Crippen molar-refractivity contribution in [3.63, 3.8) is 0 Å². The third kappa shape index (κ3) is 11.3. The van der Waals surface area contributed by atoms with Crippen LogP contribution in [0, 0.1) is 6.92 Å². The lowest BCUT2D eigenvalue weighted by Crippen LogP contribution is -2.28. The van der Waals surface area contributed by atoms with Crippen molar-refractivity contribution in [1.82, 2.24) is 4.90 Å². The van der Waals surface area contributed by atoms with Gasteiger partial charge in [-0.2, -0.15) is 0 Å². The molecule has 0 atom stereocenters. The third-order valence-electron chi connectivity index (χ3n) is 4.22. The quantitative estimate of drug-likeness (QED) is 0.140. The maximum absolute atomic E-state index is 8.95. The van der Waals surface area contributed by atoms with E-state index in [0.717, 1.165) is 29.7 Å². The molecule has 2 N–H and O–H groups in total. The van der Waals surface area contributed by atoms with E-state index in [1.807, 2.05) is 30.0 Å². The Morgan fingerprint density at radius 1 is 1.21 bits per heavy atom. The van der Waals surface area contributed by atoms with Crippen molar-refractivity contribution < 1.29 is 23.7 Å². The Morgan fingerprint density at radius 2 is 1.91 bits per heavy atom. The molecule has 0 amide bonds. The van der Waals surface area contributed by atoms with Crippen molar-refractivity contribution in [2.45, 2.75) is 33.2 Å². The minimum atomic E-state index is 0.144. The van der Waals surface area contributed by atoms with Gasteiger partial charge in [-0.25, -0.2) is 9.98 Å². The Hall–Kier alpha value is -3.24. The fraction of sp³-hybridized carbons (Fsp3) is 0.478. The number of aryl methyl sites for hydroxylation is 1. The summed E-state index contributed by atoms with van der Waals surface area (Å²) in [6.45, 7) is 13.2. The number of carbonyl (C=O) groups excluding carboxylic acids is 1. The lowest BCUT2D eigenvalue weighted by molar-refractivity contribution is -0.126. The summed E-state index contributed by atoms with van der Waals surface area (Å²) in [5, 5.41) is 0. The van der Waals surface area contributed by atoms with Crippen LogP contribution in [0.1, 0.15) is 30.9 Å². The molecule has 0 aliphatic rings. The predicted molar refractivity (Wildman–Crippen MR) is 132 cm³/mol. The van der Waals surface area contributed by atoms with E-state index in [1.165, 1.54) is 7.11 Å². The Morgan fingerprint density at radius 3 is 2.42 bits per heavy atom. The number of hydrogen-bond donors (Lipinski definition) is 1. The van der Waals surface area contributed by atoms with Gasteiger partial charge in [0.15, 0.2) is 11.7 Å². The van der Waals surface area contributed by atoms with Gasteiger partial charge in [-0.15, -0.1) is 0 Å². The van der Waals surface area contributed by atoms with Gasteiger partial charge in [-0.05, 0) is 38.4 Å². The van der Waals surface area contributed by atoms with Gasteiger partial charge < -0.3 is 29.6 Å². The van der Waals surface area contributed by atoms with Gasteiger partial charge in [0, 0.05) is 19.3 Å². The van der Waals surface area contributed by atoms with Gasteiger partial charge in [0.25, 0.3) is 6.47 Å². The largest absolute Gasteiger partial charge is 0.496 e. The van der Waals surface area contributed by atoms with Gasteiger partial charge in [-0.1, -0.05) is 25.5 Å². The number of hydrogen-bond acceptors (Lipinski definition) is 9. The number of nitrogens with zero attached hydrogens (tertiary/aromatic N) is 4. The Labute approximate surface area is 196 Å². The van der Waals surface area contributed by atoms with E-state index in [0.29, 0.717) is 31.1 Å². The lowest BCUT2D eigenvalue weighted by atomic mass is 10.1. The van der Waals surface area contributed by atoms with E-state index in [-0.39, 0.29) is 19.3 Å². The van der Waals surface area contributed by atoms with Crippen LogP contribution in [-0.2, 0) is 25.5 Å². The second-order valence-corrected chi connectivity index (χ2v) is 6.69. The Balaban J connectivity index is 0.00000235. The van der Waals surface area contributed by atoms with E-state index in [2.05, 4.69) is 40.1 Å². The highest BCUT2D eigenvalue weighted by molar-refractivity contribution is 5.97. The first kappa shape index (κ1) is 29.8. The summed E-state index contributed by atoms with van der Waals surface area (Å²) < 4.78 is 20.2. The molecule has 0 fully saturated rings. The molecule has 1 rings (SSSR count). The molecule has 10 nitrogen and oxygen atoms in total. The highest BCUT2D eigenvalue weighted by Gasteiger charge is 2.18. The zero-order valence-electron chi connectivity index (χ0n) is 20.4. The topological polar surface area (TPSA) is 120 Å². The number of methoxy groups -OCH3 is 3. The van der Waals surface area contributed by atoms with E-state index >= 15 is 0 Å². The average molecular weight is 464 g/mol. The molecule has 0 saturated carbocycles. The van der Waals surface area contributed by atoms with Crippen LogP contribution in [0.25, 0.3) is 0 Å². The van der Waals surface area contributed by atoms with Crippen LogP contribution >= 0.6 is 0 Å². The summed E-state index contributed by atoms with van der Waals surface area (Å²) in [7, 11) is 4.55. The molecule has 0 aliphatic heterocycles. The highest BCUT2D eigenvalue weighted by Crippen LogP contribution is 2.24. The number of aliphatic imine (C=N–C) groups is 3. The number of rotatable bonds is 15. The summed E-state index contributed by atoms with van der Waals surface area (Å²) in [4.78, 5) is 23.2. The normalized spacial score (nSPS) is 11.5. The number of benzene rings is 1. The summed E-state index contributed by atoms with van der Waals surface area (Å²) >= 11 is 0. The van der Waals surface area contributed by atoms with Gasteiger partial charge in [-0.3, -0.25) is 9.79 Å². The number of nitrogens with two attached hydrogens (primary N) is 1. The van der Waals surface area contributed by atoms with Crippen molar-refractivity contribution in [3.8, 4) is 5.75 Å². The third-order valence-corrected chi connectivity index (χ3v) is 4.22. The lowest BCUT2D eigenvalue weighted by Gasteiger charge is -2.26. The Bertz CT molecular complexity index is 795. The molecule has 0 aromatic heterocycles. The second-order valence-electron chi connectivity index (χ2n) is 6.69. The molecule has 0 radical (unpaired) electrons. The van der Waals surface area contributed by atoms with Gasteiger partial charge in [0.05, 0.1) is 20.8 Å². The maximum atomic E-state index is 8.95. The van der Waals surface area contributed by atoms with Crippen LogP contribution in [0.3, 0.4) is 0 Å². The van der Waals surface area contributed by atoms with Crippen LogP contribution in [-0.4, -0.2) is 72.0 Å². The summed E-state index contributed by atoms with van der Waals surface area (Å²) in [6, 6.07) is 5.99. The standard InChI is InChI=1S/C21H33N5O3.C2H4O2/c1-7-8-11-29-14-25-20(22)19(23-3)21(24-4)26(15-27-5)13-17-10-9-16(2)12-18(17)28-6;1-4-2-3/h9-10,12H,3-4,7-8,11,13-15H2,1-2,5-6H3,(H2,22,25);2H,1H3/b21-19-;. The Kier molecular flexibility index (Phi) is 16.5. The molecule has 10 heteroatoms. The monoisotopic (exact) mass is 463 g/mol. The predicted octanol–water partition coefficient (Wildman–Crippen LogP) is 2.90. The van der Waals surface area contributed by atoms with Crippen LogP contribution < -0.4 is 10.5 Å². The van der Waals surface area contributed by atoms with Crippen molar-refractivity contribution in [3.05, 3.63) is 40.8 Å². The minimum absolute atomic E-state index is 0.144. The van der Waals surface area contributed by atoms with Crippen LogP contribution in [0.5, 0.6) is 5.75 Å². The van der Waals surface area contributed by atoms with Crippen molar-refractivity contribution in [1.29, 1.82) is 0 Å². The molecule has 184 valence electrons. The minimum Gasteiger partial charge on any atom is -0.496 e. The molecule has 1 aromatic rings. The molecule has 1 aromatic carbocycles. The fourth-order valence-corrected chi connectivity index (χ4v) is 2.62. The smallest absolute Gasteiger partial charge is 0.292 e. The first-order valence-corrected chi connectivity index (χ1v) is 10.3. The van der Waals surface area contributed by atoms with Crippen molar-refractivity contribution >= 4 is 25.7 Å². The van der Waals surface area contributed by atoms with E-state index in [4.69, 9.17) is 24.7 Å². The second kappa shape index (κ2) is 18.3. The van der Waals surface area contributed by atoms with E-state index in [1.54, 1.807) is 14.2 Å². The van der Waals surface area contributed by atoms with Gasteiger partial charge in [0.2, 0.25) is 0 Å². The van der Waals surface area contributed by atoms with Crippen molar-refractivity contribution in [2.24, 2.45) is 20.7 Å². The molecule has 0 bridgehead atoms. The maximum Gasteiger partial charge on any atom is 0.292 e. The number of amidine groups is 1. The molecule has 0 spiro atoms. The summed E-state index contributed by atoms with van der Waals surface area (Å²) in [6.07, 6.45) is 2.02. The highest BCUT2D eigenvalue weighted by atomic mass is 16.5. The van der Waals surface area contributed by atoms with Gasteiger partial charge in [0.1, 0.15) is 24.9 Å². The van der Waals surface area contributed by atoms with E-state index in [9.17, 15) is 0 Å². The molecule has 0 saturated heterocycles. The van der Waals surface area contributed by atoms with Crippen LogP contribution in [0.15, 0.2) is 44.7 Å². The first-order valence-electron chi connectivity index (χ1n) is 10.3. The molecule has 33 heavy (non-hydrogen) atoms. The van der Waals surface area contributed by atoms with E-state index < -0.39 is 0 Å². The zero-order chi connectivity index (χ0) is 25.1. The zero-order valence-corrected chi connectivity index (χ0v) is 20.4. The summed E-state index contributed by atoms with van der Waals surface area (Å²) in [5.74, 6) is 1.36. The molecular formula is C23H37N5O5. The van der Waals surface area contributed by atoms with Crippen LogP contribution in [0.4, 0.5) is 0 Å². The molecule has 0 aliphatic carbocycles. The molecular weight excluding hydrogens is 426 g/mol. The first-order chi connectivity index (χ1) is 15.9. The SMILES string of the molecule is C=NC(=C(/N=C)N(COC)Cc1ccc(C)cc1OC)/C(N)=N\COCCCC.COC=O. The average Bonchev–Trinajstić information content (AvgIpc) is 2.83. The molecule has 0 heterocycles. The van der Waals surface area contributed by atoms with Crippen LogP contribution in [0.2, 0.25) is 0 Å². The van der Waals surface area contributed by atoms with Crippen molar-refractivity contribution in [2.75, 3.05) is 41.4 Å². The molecule has 0 unspecified atom stereocenters. The van der Waals surface area contributed by atoms with Gasteiger partial charge >= 0.3 is 0 Å². The number of carbonyl (C=O) groups is 1. The number of unbranched alkanes of at least 4 members (excludes halogenated alkanes) is 1. The number of ether oxygens (including phenoxy) is 4.